The van der Waals surface area contributed by atoms with Crippen molar-refractivity contribution in [1.82, 2.24) is 5.32 Å². The van der Waals surface area contributed by atoms with E-state index in [1.54, 1.807) is 0 Å². The van der Waals surface area contributed by atoms with Crippen LogP contribution < -0.4 is 5.32 Å². The number of amides is 1. The summed E-state index contributed by atoms with van der Waals surface area (Å²) < 4.78 is 0. The van der Waals surface area contributed by atoms with E-state index in [1.807, 2.05) is 18.2 Å². The Morgan fingerprint density at radius 1 is 1.00 bits per heavy atom. The topological polar surface area (TPSA) is 29.1 Å². The van der Waals surface area contributed by atoms with Crippen molar-refractivity contribution in [2.75, 3.05) is 0 Å². The van der Waals surface area contributed by atoms with Crippen LogP contribution in [0.15, 0.2) is 54.6 Å². The maximum Gasteiger partial charge on any atom is 0.224 e. The molecule has 2 aromatic carbocycles. The third kappa shape index (κ3) is 3.69. The minimum atomic E-state index is -0.0713. The molecule has 0 heterocycles. The van der Waals surface area contributed by atoms with Crippen LogP contribution in [0.5, 0.6) is 0 Å². The number of carbonyl (C=O) groups is 1. The van der Waals surface area contributed by atoms with Gasteiger partial charge in [-0.1, -0.05) is 81.8 Å². The summed E-state index contributed by atoms with van der Waals surface area (Å²) in [7, 11) is 0. The summed E-state index contributed by atoms with van der Waals surface area (Å²) in [4.78, 5) is 12.6. The van der Waals surface area contributed by atoms with Gasteiger partial charge in [-0.05, 0) is 34.9 Å². The van der Waals surface area contributed by atoms with Gasteiger partial charge >= 0.3 is 0 Å². The van der Waals surface area contributed by atoms with Crippen molar-refractivity contribution in [2.45, 2.75) is 45.6 Å². The van der Waals surface area contributed by atoms with E-state index in [9.17, 15) is 4.79 Å². The zero-order valence-electron chi connectivity index (χ0n) is 14.8. The number of carbonyl (C=O) groups excluding carboxylic acids is 1. The molecule has 0 saturated heterocycles. The number of benzene rings is 2. The molecule has 1 amide bonds. The van der Waals surface area contributed by atoms with Crippen LogP contribution in [-0.2, 0) is 4.79 Å². The fourth-order valence-electron chi connectivity index (χ4n) is 3.35. The number of nitrogens with one attached hydrogen (secondary N) is 1. The zero-order chi connectivity index (χ0) is 17.1. The monoisotopic (exact) mass is 321 g/mol. The molecule has 24 heavy (non-hydrogen) atoms. The zero-order valence-corrected chi connectivity index (χ0v) is 14.8. The van der Waals surface area contributed by atoms with Crippen LogP contribution in [-0.4, -0.2) is 5.91 Å². The Bertz CT molecular complexity index is 675. The van der Waals surface area contributed by atoms with Gasteiger partial charge in [0.05, 0.1) is 6.04 Å². The van der Waals surface area contributed by atoms with Gasteiger partial charge in [-0.2, -0.15) is 0 Å². The first-order valence-electron chi connectivity index (χ1n) is 9.05. The molecule has 1 fully saturated rings. The smallest absolute Gasteiger partial charge is 0.224 e. The second-order valence-electron chi connectivity index (χ2n) is 7.18. The molecule has 1 saturated carbocycles. The van der Waals surface area contributed by atoms with Gasteiger partial charge in [0.25, 0.3) is 0 Å². The van der Waals surface area contributed by atoms with Gasteiger partial charge < -0.3 is 5.32 Å². The van der Waals surface area contributed by atoms with E-state index in [0.717, 1.165) is 24.0 Å². The first kappa shape index (κ1) is 16.8. The molecule has 1 aliphatic rings. The van der Waals surface area contributed by atoms with E-state index < -0.39 is 0 Å². The molecule has 126 valence electrons. The molecule has 3 unspecified atom stereocenters. The van der Waals surface area contributed by atoms with Gasteiger partial charge in [0.15, 0.2) is 0 Å². The maximum absolute atomic E-state index is 12.6. The fraction of sp³-hybridized carbons (Fsp3) is 0.409. The Balaban J connectivity index is 1.84. The molecule has 3 rings (SSSR count). The SMILES string of the molecule is CCC1CC1C(=O)NC(c1ccccc1)c1ccc(C(C)C)cc1. The summed E-state index contributed by atoms with van der Waals surface area (Å²) >= 11 is 0. The summed E-state index contributed by atoms with van der Waals surface area (Å²) in [5.74, 6) is 1.49. The molecule has 1 N–H and O–H groups in total. The molecule has 0 radical (unpaired) electrons. The van der Waals surface area contributed by atoms with Crippen LogP contribution in [0, 0.1) is 11.8 Å². The largest absolute Gasteiger partial charge is 0.345 e. The average molecular weight is 321 g/mol. The molecule has 2 heteroatoms. The standard InChI is InChI=1S/C22H27NO/c1-4-16-14-20(16)22(24)23-21(18-8-6-5-7-9-18)19-12-10-17(11-13-19)15(2)3/h5-13,15-16,20-21H,4,14H2,1-3H3,(H,23,24). The lowest BCUT2D eigenvalue weighted by atomic mass is 9.95. The molecule has 0 spiro atoms. The van der Waals surface area contributed by atoms with Gasteiger partial charge in [-0.3, -0.25) is 4.79 Å². The first-order chi connectivity index (χ1) is 11.6. The van der Waals surface area contributed by atoms with Gasteiger partial charge in [0, 0.05) is 5.92 Å². The Morgan fingerprint density at radius 2 is 1.58 bits per heavy atom. The van der Waals surface area contributed by atoms with Gasteiger partial charge in [-0.25, -0.2) is 0 Å². The van der Waals surface area contributed by atoms with E-state index in [-0.39, 0.29) is 17.9 Å². The third-order valence-corrected chi connectivity index (χ3v) is 5.14. The summed E-state index contributed by atoms with van der Waals surface area (Å²) in [6.07, 6.45) is 2.13. The highest BCUT2D eigenvalue weighted by Gasteiger charge is 2.42. The minimum Gasteiger partial charge on any atom is -0.345 e. The average Bonchev–Trinajstić information content (AvgIpc) is 3.40. The van der Waals surface area contributed by atoms with Crippen LogP contribution in [0.25, 0.3) is 0 Å². The minimum absolute atomic E-state index is 0.0713. The van der Waals surface area contributed by atoms with Crippen LogP contribution in [0.1, 0.15) is 62.3 Å². The number of rotatable bonds is 6. The van der Waals surface area contributed by atoms with E-state index in [1.165, 1.54) is 5.56 Å². The van der Waals surface area contributed by atoms with E-state index in [4.69, 9.17) is 0 Å². The summed E-state index contributed by atoms with van der Waals surface area (Å²) in [5, 5.41) is 3.29. The van der Waals surface area contributed by atoms with Crippen molar-refractivity contribution in [3.8, 4) is 0 Å². The first-order valence-corrected chi connectivity index (χ1v) is 9.05. The Kier molecular flexibility index (Phi) is 5.03. The molecule has 0 aromatic heterocycles. The van der Waals surface area contributed by atoms with Crippen molar-refractivity contribution < 1.29 is 4.79 Å². The molecular weight excluding hydrogens is 294 g/mol. The molecule has 1 aliphatic carbocycles. The van der Waals surface area contributed by atoms with Crippen molar-refractivity contribution >= 4 is 5.91 Å². The molecule has 2 nitrogen and oxygen atoms in total. The molecule has 3 atom stereocenters. The highest BCUT2D eigenvalue weighted by Crippen LogP contribution is 2.41. The quantitative estimate of drug-likeness (QED) is 0.791. The fourth-order valence-corrected chi connectivity index (χ4v) is 3.35. The number of hydrogen-bond donors (Lipinski definition) is 1. The highest BCUT2D eigenvalue weighted by molar-refractivity contribution is 5.82. The highest BCUT2D eigenvalue weighted by atomic mass is 16.2. The van der Waals surface area contributed by atoms with Crippen molar-refractivity contribution in [2.24, 2.45) is 11.8 Å². The lowest BCUT2D eigenvalue weighted by molar-refractivity contribution is -0.123. The van der Waals surface area contributed by atoms with Gasteiger partial charge in [0.1, 0.15) is 0 Å². The molecule has 2 aromatic rings. The second kappa shape index (κ2) is 7.21. The lowest BCUT2D eigenvalue weighted by Gasteiger charge is -2.21. The Hall–Kier alpha value is -2.09. The number of hydrogen-bond acceptors (Lipinski definition) is 1. The second-order valence-corrected chi connectivity index (χ2v) is 7.18. The van der Waals surface area contributed by atoms with Crippen LogP contribution in [0.2, 0.25) is 0 Å². The summed E-state index contributed by atoms with van der Waals surface area (Å²) in [6, 6.07) is 18.8. The van der Waals surface area contributed by atoms with Crippen LogP contribution >= 0.6 is 0 Å². The summed E-state index contributed by atoms with van der Waals surface area (Å²) in [6.45, 7) is 6.56. The molecule has 0 aliphatic heterocycles. The van der Waals surface area contributed by atoms with Crippen molar-refractivity contribution in [1.29, 1.82) is 0 Å². The third-order valence-electron chi connectivity index (χ3n) is 5.14. The maximum atomic E-state index is 12.6. The van der Waals surface area contributed by atoms with Crippen molar-refractivity contribution in [3.63, 3.8) is 0 Å². The molecule has 0 bridgehead atoms. The predicted molar refractivity (Wildman–Crippen MR) is 98.8 cm³/mol. The Morgan fingerprint density at radius 3 is 2.12 bits per heavy atom. The lowest BCUT2D eigenvalue weighted by Crippen LogP contribution is -2.31. The van der Waals surface area contributed by atoms with Crippen molar-refractivity contribution in [3.05, 3.63) is 71.3 Å². The Labute approximate surface area is 145 Å². The van der Waals surface area contributed by atoms with Crippen LogP contribution in [0.4, 0.5) is 0 Å². The van der Waals surface area contributed by atoms with Gasteiger partial charge in [-0.15, -0.1) is 0 Å². The van der Waals surface area contributed by atoms with E-state index >= 15 is 0 Å². The predicted octanol–water partition coefficient (Wildman–Crippen LogP) is 5.06. The summed E-state index contributed by atoms with van der Waals surface area (Å²) in [5.41, 5.74) is 3.61. The van der Waals surface area contributed by atoms with Gasteiger partial charge in [0.2, 0.25) is 5.91 Å². The van der Waals surface area contributed by atoms with Crippen LogP contribution in [0.3, 0.4) is 0 Å². The normalized spacial score (nSPS) is 20.7. The van der Waals surface area contributed by atoms with E-state index in [2.05, 4.69) is 62.5 Å². The van der Waals surface area contributed by atoms with E-state index in [0.29, 0.717) is 11.8 Å². The molecular formula is C22H27NO.